The fraction of sp³-hybridized carbons (Fsp3) is 0.706. The van der Waals surface area contributed by atoms with Crippen LogP contribution in [-0.4, -0.2) is 17.6 Å². The maximum Gasteiger partial charge on any atom is 0.371 e. The highest BCUT2D eigenvalue weighted by Gasteiger charge is 2.12. The molecule has 0 amide bonds. The molecule has 120 valence electrons. The molecule has 0 saturated carbocycles. The van der Waals surface area contributed by atoms with Gasteiger partial charge in [0.1, 0.15) is 5.76 Å². The molecule has 1 aromatic heterocycles. The fourth-order valence-electron chi connectivity index (χ4n) is 2.41. The zero-order valence-electron chi connectivity index (χ0n) is 13.4. The van der Waals surface area contributed by atoms with Gasteiger partial charge in [0.25, 0.3) is 0 Å². The Balaban J connectivity index is 2.03. The van der Waals surface area contributed by atoms with Crippen LogP contribution in [0.15, 0.2) is 10.5 Å². The second-order valence-corrected chi connectivity index (χ2v) is 5.65. The second-order valence-electron chi connectivity index (χ2n) is 5.65. The highest BCUT2D eigenvalue weighted by molar-refractivity contribution is 5.84. The van der Waals surface area contributed by atoms with Gasteiger partial charge in [-0.3, -0.25) is 0 Å². The van der Waals surface area contributed by atoms with Gasteiger partial charge in [0, 0.05) is 12.1 Å². The lowest BCUT2D eigenvalue weighted by Crippen LogP contribution is -2.14. The molecular weight excluding hydrogens is 266 g/mol. The number of carbonyl (C=O) groups is 1. The third-order valence-electron chi connectivity index (χ3n) is 3.75. The number of rotatable bonds is 12. The van der Waals surface area contributed by atoms with E-state index in [1.807, 2.05) is 0 Å². The molecular formula is C17H29NO3. The number of hydrogen-bond donors (Lipinski definition) is 2. The van der Waals surface area contributed by atoms with Crippen LogP contribution in [0.5, 0.6) is 0 Å². The molecule has 0 aliphatic heterocycles. The molecule has 0 radical (unpaired) electrons. The quantitative estimate of drug-likeness (QED) is 0.557. The zero-order chi connectivity index (χ0) is 15.5. The Morgan fingerprint density at radius 3 is 2.33 bits per heavy atom. The summed E-state index contributed by atoms with van der Waals surface area (Å²) in [6, 6.07) is 1.61. The number of aryl methyl sites for hydroxylation is 1. The average molecular weight is 295 g/mol. The summed E-state index contributed by atoms with van der Waals surface area (Å²) in [7, 11) is 0. The van der Waals surface area contributed by atoms with Crippen LogP contribution in [0.4, 0.5) is 0 Å². The number of furan rings is 1. The monoisotopic (exact) mass is 295 g/mol. The molecule has 1 aromatic rings. The summed E-state index contributed by atoms with van der Waals surface area (Å²) in [6.45, 7) is 5.70. The molecule has 0 aliphatic carbocycles. The van der Waals surface area contributed by atoms with Crippen molar-refractivity contribution in [2.75, 3.05) is 6.54 Å². The summed E-state index contributed by atoms with van der Waals surface area (Å²) in [5.41, 5.74) is 0.937. The number of carboxylic acids is 1. The van der Waals surface area contributed by atoms with Crippen LogP contribution >= 0.6 is 0 Å². The molecule has 4 nitrogen and oxygen atoms in total. The van der Waals surface area contributed by atoms with Crippen LogP contribution in [0, 0.1) is 6.92 Å². The van der Waals surface area contributed by atoms with Crippen LogP contribution in [-0.2, 0) is 6.54 Å². The van der Waals surface area contributed by atoms with Crippen LogP contribution in [0.2, 0.25) is 0 Å². The minimum absolute atomic E-state index is 0.0244. The third-order valence-corrected chi connectivity index (χ3v) is 3.75. The molecule has 0 atom stereocenters. The molecule has 0 aliphatic rings. The molecule has 0 aromatic carbocycles. The first-order valence-electron chi connectivity index (χ1n) is 8.18. The van der Waals surface area contributed by atoms with Crippen LogP contribution in [0.1, 0.15) is 80.2 Å². The topological polar surface area (TPSA) is 62.5 Å². The van der Waals surface area contributed by atoms with Crippen molar-refractivity contribution < 1.29 is 14.3 Å². The van der Waals surface area contributed by atoms with Gasteiger partial charge in [-0.15, -0.1) is 0 Å². The Morgan fingerprint density at radius 1 is 1.14 bits per heavy atom. The summed E-state index contributed by atoms with van der Waals surface area (Å²) in [5, 5.41) is 12.2. The van der Waals surface area contributed by atoms with Crippen LogP contribution < -0.4 is 5.32 Å². The molecule has 4 heteroatoms. The Hall–Kier alpha value is -1.29. The predicted octanol–water partition coefficient (Wildman–Crippen LogP) is 4.52. The SMILES string of the molecule is CCCCCCCCCCNCc1cc(C(=O)O)oc1C. The van der Waals surface area contributed by atoms with Gasteiger partial charge in [0.05, 0.1) is 0 Å². The van der Waals surface area contributed by atoms with Crippen molar-refractivity contribution in [1.29, 1.82) is 0 Å². The highest BCUT2D eigenvalue weighted by Crippen LogP contribution is 2.14. The van der Waals surface area contributed by atoms with Crippen molar-refractivity contribution in [2.24, 2.45) is 0 Å². The Bertz CT molecular complexity index is 412. The maximum atomic E-state index is 10.8. The Kier molecular flexibility index (Phi) is 8.83. The van der Waals surface area contributed by atoms with E-state index in [-0.39, 0.29) is 5.76 Å². The fourth-order valence-corrected chi connectivity index (χ4v) is 2.41. The molecule has 2 N–H and O–H groups in total. The van der Waals surface area contributed by atoms with Crippen molar-refractivity contribution >= 4 is 5.97 Å². The van der Waals surface area contributed by atoms with Crippen molar-refractivity contribution in [3.8, 4) is 0 Å². The number of aromatic carboxylic acids is 1. The molecule has 0 fully saturated rings. The van der Waals surface area contributed by atoms with Gasteiger partial charge in [0.15, 0.2) is 0 Å². The molecule has 21 heavy (non-hydrogen) atoms. The molecule has 0 unspecified atom stereocenters. The summed E-state index contributed by atoms with van der Waals surface area (Å²) in [6.07, 6.45) is 10.5. The maximum absolute atomic E-state index is 10.8. The van der Waals surface area contributed by atoms with E-state index in [4.69, 9.17) is 9.52 Å². The predicted molar refractivity (Wildman–Crippen MR) is 84.7 cm³/mol. The summed E-state index contributed by atoms with van der Waals surface area (Å²) in [4.78, 5) is 10.8. The first kappa shape index (κ1) is 17.8. The van der Waals surface area contributed by atoms with E-state index in [0.29, 0.717) is 12.3 Å². The summed E-state index contributed by atoms with van der Waals surface area (Å²) < 4.78 is 5.18. The van der Waals surface area contributed by atoms with Gasteiger partial charge in [-0.2, -0.15) is 0 Å². The van der Waals surface area contributed by atoms with Crippen LogP contribution in [0.3, 0.4) is 0 Å². The Labute approximate surface area is 127 Å². The number of unbranched alkanes of at least 4 members (excludes halogenated alkanes) is 7. The molecule has 0 saturated heterocycles. The molecule has 1 heterocycles. The van der Waals surface area contributed by atoms with Crippen molar-refractivity contribution in [1.82, 2.24) is 5.32 Å². The van der Waals surface area contributed by atoms with Crippen molar-refractivity contribution in [3.05, 3.63) is 23.2 Å². The lowest BCUT2D eigenvalue weighted by atomic mass is 10.1. The number of carboxylic acid groups (broad SMARTS) is 1. The Morgan fingerprint density at radius 2 is 1.76 bits per heavy atom. The van der Waals surface area contributed by atoms with E-state index in [9.17, 15) is 4.79 Å². The van der Waals surface area contributed by atoms with E-state index in [1.165, 1.54) is 51.4 Å². The van der Waals surface area contributed by atoms with Gasteiger partial charge in [-0.1, -0.05) is 51.9 Å². The van der Waals surface area contributed by atoms with E-state index in [2.05, 4.69) is 12.2 Å². The number of hydrogen-bond acceptors (Lipinski definition) is 3. The summed E-state index contributed by atoms with van der Waals surface area (Å²) >= 11 is 0. The first-order valence-corrected chi connectivity index (χ1v) is 8.18. The second kappa shape index (κ2) is 10.4. The zero-order valence-corrected chi connectivity index (χ0v) is 13.4. The minimum Gasteiger partial charge on any atom is -0.475 e. The van der Waals surface area contributed by atoms with E-state index < -0.39 is 5.97 Å². The van der Waals surface area contributed by atoms with Gasteiger partial charge in [-0.25, -0.2) is 4.79 Å². The van der Waals surface area contributed by atoms with E-state index in [1.54, 1.807) is 13.0 Å². The van der Waals surface area contributed by atoms with Gasteiger partial charge in [-0.05, 0) is 26.0 Å². The molecule has 1 rings (SSSR count). The lowest BCUT2D eigenvalue weighted by molar-refractivity contribution is 0.0661. The average Bonchev–Trinajstić information content (AvgIpc) is 2.82. The first-order chi connectivity index (χ1) is 10.1. The highest BCUT2D eigenvalue weighted by atomic mass is 16.4. The van der Waals surface area contributed by atoms with Crippen molar-refractivity contribution in [2.45, 2.75) is 71.8 Å². The summed E-state index contributed by atoms with van der Waals surface area (Å²) in [5.74, 6) is -0.292. The molecule has 0 bridgehead atoms. The largest absolute Gasteiger partial charge is 0.475 e. The lowest BCUT2D eigenvalue weighted by Gasteiger charge is -2.04. The van der Waals surface area contributed by atoms with Gasteiger partial charge >= 0.3 is 5.97 Å². The molecule has 0 spiro atoms. The van der Waals surface area contributed by atoms with E-state index >= 15 is 0 Å². The third kappa shape index (κ3) is 7.32. The standard InChI is InChI=1S/C17H29NO3/c1-3-4-5-6-7-8-9-10-11-18-13-15-12-16(17(19)20)21-14(15)2/h12,18H,3-11,13H2,1-2H3,(H,19,20). The van der Waals surface area contributed by atoms with Crippen LogP contribution in [0.25, 0.3) is 0 Å². The number of nitrogens with one attached hydrogen (secondary N) is 1. The normalized spacial score (nSPS) is 11.0. The van der Waals surface area contributed by atoms with Gasteiger partial charge < -0.3 is 14.8 Å². The minimum atomic E-state index is -1.01. The smallest absolute Gasteiger partial charge is 0.371 e. The van der Waals surface area contributed by atoms with E-state index in [0.717, 1.165) is 12.1 Å². The van der Waals surface area contributed by atoms with Crippen molar-refractivity contribution in [3.63, 3.8) is 0 Å². The van der Waals surface area contributed by atoms with Gasteiger partial charge in [0.2, 0.25) is 5.76 Å².